The number of hydrogen-bond acceptors (Lipinski definition) is 4. The monoisotopic (exact) mass is 306 g/mol. The number of aliphatic carboxylic acids is 1. The summed E-state index contributed by atoms with van der Waals surface area (Å²) in [5, 5.41) is 19.4. The summed E-state index contributed by atoms with van der Waals surface area (Å²) in [6, 6.07) is 7.73. The highest BCUT2D eigenvalue weighted by Crippen LogP contribution is 2.22. The van der Waals surface area contributed by atoms with Crippen LogP contribution in [0.25, 0.3) is 0 Å². The second kappa shape index (κ2) is 6.32. The van der Waals surface area contributed by atoms with Crippen LogP contribution in [0.1, 0.15) is 20.8 Å². The molecular weight excluding hydrogens is 295 g/mol. The zero-order valence-corrected chi connectivity index (χ0v) is 11.6. The van der Waals surface area contributed by atoms with Crippen LogP contribution in [-0.4, -0.2) is 22.0 Å². The van der Waals surface area contributed by atoms with E-state index in [-0.39, 0.29) is 5.82 Å². The first-order valence-electron chi connectivity index (χ1n) is 5.96. The molecule has 2 aromatic rings. The van der Waals surface area contributed by atoms with E-state index < -0.39 is 17.5 Å². The number of hydrogen-bond donors (Lipinski definition) is 2. The van der Waals surface area contributed by atoms with Gasteiger partial charge in [-0.05, 0) is 41.1 Å². The van der Waals surface area contributed by atoms with Gasteiger partial charge in [0.2, 0.25) is 5.76 Å². The smallest absolute Gasteiger partial charge is 0.371 e. The molecule has 0 fully saturated rings. The van der Waals surface area contributed by atoms with Crippen molar-refractivity contribution in [2.24, 2.45) is 0 Å². The first-order valence-corrected chi connectivity index (χ1v) is 6.84. The van der Waals surface area contributed by atoms with Gasteiger partial charge in [0, 0.05) is 6.08 Å². The largest absolute Gasteiger partial charge is 0.502 e. The van der Waals surface area contributed by atoms with E-state index in [9.17, 15) is 14.0 Å². The van der Waals surface area contributed by atoms with Crippen LogP contribution in [0.5, 0.6) is 0 Å². The highest BCUT2D eigenvalue weighted by molar-refractivity contribution is 7.12. The van der Waals surface area contributed by atoms with Crippen molar-refractivity contribution < 1.29 is 24.2 Å². The molecule has 108 valence electrons. The van der Waals surface area contributed by atoms with Gasteiger partial charge in [0.1, 0.15) is 5.82 Å². The molecule has 0 unspecified atom stereocenters. The fraction of sp³-hybridized carbons (Fsp3) is 0.0667. The van der Waals surface area contributed by atoms with E-state index in [1.807, 2.05) is 0 Å². The van der Waals surface area contributed by atoms with Crippen molar-refractivity contribution >= 4 is 23.1 Å². The Bertz CT molecular complexity index is 718. The number of rotatable bonds is 5. The molecule has 0 radical (unpaired) electrons. The van der Waals surface area contributed by atoms with Gasteiger partial charge in [0.05, 0.1) is 4.88 Å². The van der Waals surface area contributed by atoms with E-state index in [0.29, 0.717) is 28.5 Å². The average Bonchev–Trinajstić information content (AvgIpc) is 2.86. The molecule has 4 nitrogen and oxygen atoms in total. The quantitative estimate of drug-likeness (QED) is 0.505. The number of halogens is 1. The Morgan fingerprint density at radius 2 is 2.00 bits per heavy atom. The maximum atomic E-state index is 13.1. The number of allylic oxidation sites excluding steroid dienone is 1. The van der Waals surface area contributed by atoms with Crippen LogP contribution in [0.4, 0.5) is 4.39 Å². The van der Waals surface area contributed by atoms with Crippen LogP contribution in [-0.2, 0) is 11.2 Å². The molecule has 0 saturated heterocycles. The minimum absolute atomic E-state index is 0.326. The highest BCUT2D eigenvalue weighted by atomic mass is 32.1. The van der Waals surface area contributed by atoms with Gasteiger partial charge in [-0.25, -0.2) is 9.18 Å². The van der Waals surface area contributed by atoms with Gasteiger partial charge in [-0.3, -0.25) is 4.79 Å². The predicted molar refractivity (Wildman–Crippen MR) is 76.2 cm³/mol. The Kier molecular flexibility index (Phi) is 4.49. The third-order valence-electron chi connectivity index (χ3n) is 2.74. The number of thiophene rings is 1. The van der Waals surface area contributed by atoms with E-state index in [1.54, 1.807) is 23.6 Å². The lowest BCUT2D eigenvalue weighted by atomic mass is 10.0. The van der Waals surface area contributed by atoms with Crippen LogP contribution in [0, 0.1) is 5.82 Å². The van der Waals surface area contributed by atoms with Gasteiger partial charge in [0.15, 0.2) is 5.78 Å². The molecule has 2 N–H and O–H groups in total. The minimum Gasteiger partial charge on any atom is -0.502 e. The molecule has 0 aliphatic heterocycles. The van der Waals surface area contributed by atoms with E-state index in [0.717, 1.165) is 11.3 Å². The Balaban J connectivity index is 2.25. The molecule has 0 amide bonds. The van der Waals surface area contributed by atoms with Gasteiger partial charge in [0.25, 0.3) is 0 Å². The molecule has 1 aromatic heterocycles. The number of carbonyl (C=O) groups excluding carboxylic acids is 1. The average molecular weight is 306 g/mol. The zero-order chi connectivity index (χ0) is 15.4. The van der Waals surface area contributed by atoms with E-state index in [1.165, 1.54) is 12.1 Å². The molecule has 1 heterocycles. The molecule has 2 rings (SSSR count). The Hall–Kier alpha value is -2.47. The van der Waals surface area contributed by atoms with Crippen LogP contribution >= 0.6 is 11.3 Å². The SMILES string of the molecule is O=C(O)C(O)=CC(=O)c1sccc1Cc1cccc(F)c1. The third-order valence-corrected chi connectivity index (χ3v) is 3.71. The maximum absolute atomic E-state index is 13.1. The van der Waals surface area contributed by atoms with E-state index in [4.69, 9.17) is 10.2 Å². The summed E-state index contributed by atoms with van der Waals surface area (Å²) in [6.45, 7) is 0. The minimum atomic E-state index is -1.56. The zero-order valence-electron chi connectivity index (χ0n) is 10.7. The first kappa shape index (κ1) is 14.9. The third kappa shape index (κ3) is 3.76. The lowest BCUT2D eigenvalue weighted by Gasteiger charge is -2.02. The molecule has 1 aromatic carbocycles. The maximum Gasteiger partial charge on any atom is 0.371 e. The number of ketones is 1. The number of carboxylic acid groups (broad SMARTS) is 1. The van der Waals surface area contributed by atoms with Gasteiger partial charge < -0.3 is 10.2 Å². The number of aliphatic hydroxyl groups is 1. The molecule has 21 heavy (non-hydrogen) atoms. The lowest BCUT2D eigenvalue weighted by molar-refractivity contribution is -0.135. The number of benzene rings is 1. The van der Waals surface area contributed by atoms with Crippen LogP contribution < -0.4 is 0 Å². The van der Waals surface area contributed by atoms with Crippen molar-refractivity contribution in [1.82, 2.24) is 0 Å². The predicted octanol–water partition coefficient (Wildman–Crippen LogP) is 3.19. The van der Waals surface area contributed by atoms with Gasteiger partial charge in [-0.2, -0.15) is 0 Å². The van der Waals surface area contributed by atoms with Crippen molar-refractivity contribution in [3.63, 3.8) is 0 Å². The standard InChI is InChI=1S/C15H11FO4S/c16-11-3-1-2-9(7-11)6-10-4-5-21-14(10)12(17)8-13(18)15(19)20/h1-5,7-8,18H,6H2,(H,19,20). The number of aliphatic hydroxyl groups excluding tert-OH is 1. The molecular formula is C15H11FO4S. The Morgan fingerprint density at radius 3 is 2.67 bits per heavy atom. The van der Waals surface area contributed by atoms with Crippen LogP contribution in [0.15, 0.2) is 47.5 Å². The van der Waals surface area contributed by atoms with Crippen molar-refractivity contribution in [2.45, 2.75) is 6.42 Å². The first-order chi connectivity index (χ1) is 9.97. The van der Waals surface area contributed by atoms with E-state index in [2.05, 4.69) is 0 Å². The summed E-state index contributed by atoms with van der Waals surface area (Å²) in [7, 11) is 0. The van der Waals surface area contributed by atoms with Crippen molar-refractivity contribution in [3.8, 4) is 0 Å². The molecule has 0 aliphatic carbocycles. The van der Waals surface area contributed by atoms with E-state index >= 15 is 0 Å². The Morgan fingerprint density at radius 1 is 1.24 bits per heavy atom. The summed E-state index contributed by atoms with van der Waals surface area (Å²) in [5.74, 6) is -3.52. The highest BCUT2D eigenvalue weighted by Gasteiger charge is 2.15. The van der Waals surface area contributed by atoms with Crippen molar-refractivity contribution in [3.05, 3.63) is 69.4 Å². The summed E-state index contributed by atoms with van der Waals surface area (Å²) in [5.41, 5.74) is 1.36. The van der Waals surface area contributed by atoms with Gasteiger partial charge >= 0.3 is 5.97 Å². The molecule has 0 atom stereocenters. The second-order valence-electron chi connectivity index (χ2n) is 4.28. The molecule has 0 spiro atoms. The van der Waals surface area contributed by atoms with Crippen molar-refractivity contribution in [1.29, 1.82) is 0 Å². The molecule has 6 heteroatoms. The van der Waals surface area contributed by atoms with Crippen LogP contribution in [0.3, 0.4) is 0 Å². The molecule has 0 aliphatic rings. The number of carboxylic acids is 1. The van der Waals surface area contributed by atoms with Gasteiger partial charge in [-0.1, -0.05) is 12.1 Å². The fourth-order valence-corrected chi connectivity index (χ4v) is 2.64. The topological polar surface area (TPSA) is 74.6 Å². The summed E-state index contributed by atoms with van der Waals surface area (Å²) >= 11 is 1.14. The lowest BCUT2D eigenvalue weighted by Crippen LogP contribution is -2.04. The van der Waals surface area contributed by atoms with Gasteiger partial charge in [-0.15, -0.1) is 11.3 Å². The molecule has 0 saturated carbocycles. The normalized spacial score (nSPS) is 11.4. The van der Waals surface area contributed by atoms with Crippen molar-refractivity contribution in [2.75, 3.05) is 0 Å². The summed E-state index contributed by atoms with van der Waals surface area (Å²) in [4.78, 5) is 22.8. The summed E-state index contributed by atoms with van der Waals surface area (Å²) < 4.78 is 13.1. The van der Waals surface area contributed by atoms with Crippen LogP contribution in [0.2, 0.25) is 0 Å². The fourth-order valence-electron chi connectivity index (χ4n) is 1.81. The number of carbonyl (C=O) groups is 2. The second-order valence-corrected chi connectivity index (χ2v) is 5.20. The Labute approximate surface area is 123 Å². The molecule has 0 bridgehead atoms. The summed E-state index contributed by atoms with van der Waals surface area (Å²) in [6.07, 6.45) is 1.02.